The van der Waals surface area contributed by atoms with Crippen LogP contribution in [0.2, 0.25) is 0 Å². The molecule has 0 atom stereocenters. The van der Waals surface area contributed by atoms with Gasteiger partial charge in [-0.05, 0) is 39.2 Å². The summed E-state index contributed by atoms with van der Waals surface area (Å²) < 4.78 is 1.98. The molecule has 3 rings (SSSR count). The molecule has 0 aliphatic carbocycles. The zero-order valence-corrected chi connectivity index (χ0v) is 17.6. The maximum atomic E-state index is 4.71. The van der Waals surface area contributed by atoms with Gasteiger partial charge in [0, 0.05) is 39.3 Å². The molecular formula is C21H33N7. The van der Waals surface area contributed by atoms with Crippen molar-refractivity contribution in [2.45, 2.75) is 52.7 Å². The van der Waals surface area contributed by atoms with Crippen LogP contribution in [0.1, 0.15) is 42.5 Å². The van der Waals surface area contributed by atoms with Crippen molar-refractivity contribution in [3.05, 3.63) is 47.0 Å². The molecule has 0 spiro atoms. The molecule has 1 aromatic heterocycles. The molecule has 28 heavy (non-hydrogen) atoms. The lowest BCUT2D eigenvalue weighted by Gasteiger charge is -2.33. The quantitative estimate of drug-likeness (QED) is 0.591. The van der Waals surface area contributed by atoms with Gasteiger partial charge in [0.25, 0.3) is 0 Å². The minimum atomic E-state index is 0.452. The Balaban J connectivity index is 1.51. The van der Waals surface area contributed by atoms with E-state index in [0.717, 1.165) is 56.6 Å². The first-order valence-corrected chi connectivity index (χ1v) is 10.2. The summed E-state index contributed by atoms with van der Waals surface area (Å²) in [5.41, 5.74) is 2.74. The molecule has 2 N–H and O–H groups in total. The third-order valence-electron chi connectivity index (χ3n) is 5.32. The van der Waals surface area contributed by atoms with Crippen LogP contribution in [0.3, 0.4) is 0 Å². The van der Waals surface area contributed by atoms with Crippen molar-refractivity contribution >= 4 is 5.96 Å². The number of aryl methyl sites for hydroxylation is 2. The number of piperidine rings is 1. The average molecular weight is 384 g/mol. The molecule has 7 heteroatoms. The highest BCUT2D eigenvalue weighted by Gasteiger charge is 2.20. The number of aromatic nitrogens is 3. The van der Waals surface area contributed by atoms with Gasteiger partial charge in [-0.1, -0.05) is 29.8 Å². The van der Waals surface area contributed by atoms with Gasteiger partial charge in [-0.15, -0.1) is 10.2 Å². The smallest absolute Gasteiger partial charge is 0.191 e. The summed E-state index contributed by atoms with van der Waals surface area (Å²) in [5, 5.41) is 15.2. The Morgan fingerprint density at radius 3 is 2.64 bits per heavy atom. The lowest BCUT2D eigenvalue weighted by Crippen LogP contribution is -2.48. The summed E-state index contributed by atoms with van der Waals surface area (Å²) in [5.74, 6) is 2.65. The van der Waals surface area contributed by atoms with Gasteiger partial charge >= 0.3 is 0 Å². The largest absolute Gasteiger partial charge is 0.357 e. The van der Waals surface area contributed by atoms with Gasteiger partial charge in [-0.2, -0.15) is 0 Å². The van der Waals surface area contributed by atoms with Gasteiger partial charge in [-0.25, -0.2) is 4.99 Å². The van der Waals surface area contributed by atoms with Crippen LogP contribution in [0.4, 0.5) is 0 Å². The highest BCUT2D eigenvalue weighted by Crippen LogP contribution is 2.15. The van der Waals surface area contributed by atoms with E-state index in [2.05, 4.69) is 63.8 Å². The average Bonchev–Trinajstić information content (AvgIpc) is 3.00. The molecule has 152 valence electrons. The van der Waals surface area contributed by atoms with E-state index < -0.39 is 0 Å². The predicted octanol–water partition coefficient (Wildman–Crippen LogP) is 2.15. The number of likely N-dealkylation sites (tertiary alicyclic amines) is 1. The second-order valence-corrected chi connectivity index (χ2v) is 7.60. The molecular weight excluding hydrogens is 350 g/mol. The monoisotopic (exact) mass is 383 g/mol. The fourth-order valence-electron chi connectivity index (χ4n) is 3.56. The number of hydrogen-bond acceptors (Lipinski definition) is 4. The number of guanidine groups is 1. The van der Waals surface area contributed by atoms with Crippen LogP contribution in [0, 0.1) is 13.8 Å². The molecule has 1 aliphatic rings. The first-order chi connectivity index (χ1) is 13.5. The van der Waals surface area contributed by atoms with Crippen LogP contribution in [0.15, 0.2) is 29.3 Å². The van der Waals surface area contributed by atoms with Crippen molar-refractivity contribution in [3.63, 3.8) is 0 Å². The Morgan fingerprint density at radius 1 is 1.21 bits per heavy atom. The Kier molecular flexibility index (Phi) is 7.03. The van der Waals surface area contributed by atoms with E-state index in [4.69, 9.17) is 4.99 Å². The van der Waals surface area contributed by atoms with Gasteiger partial charge in [0.2, 0.25) is 0 Å². The van der Waals surface area contributed by atoms with E-state index in [1.54, 1.807) is 0 Å². The molecule has 0 saturated carbocycles. The normalized spacial score (nSPS) is 16.4. The number of rotatable bonds is 6. The molecule has 2 aromatic rings. The Labute approximate surface area is 168 Å². The van der Waals surface area contributed by atoms with E-state index in [-0.39, 0.29) is 0 Å². The zero-order chi connectivity index (χ0) is 19.9. The van der Waals surface area contributed by atoms with Crippen LogP contribution >= 0.6 is 0 Å². The van der Waals surface area contributed by atoms with Crippen LogP contribution in [0.25, 0.3) is 0 Å². The lowest BCUT2D eigenvalue weighted by molar-refractivity contribution is 0.198. The van der Waals surface area contributed by atoms with Crippen molar-refractivity contribution < 1.29 is 0 Å². The highest BCUT2D eigenvalue weighted by atomic mass is 15.3. The summed E-state index contributed by atoms with van der Waals surface area (Å²) in [7, 11) is 1.98. The summed E-state index contributed by atoms with van der Waals surface area (Å²) in [4.78, 5) is 7.25. The van der Waals surface area contributed by atoms with Gasteiger partial charge in [0.1, 0.15) is 12.4 Å². The van der Waals surface area contributed by atoms with Crippen LogP contribution in [0.5, 0.6) is 0 Å². The van der Waals surface area contributed by atoms with Gasteiger partial charge in [-0.3, -0.25) is 4.90 Å². The van der Waals surface area contributed by atoms with Gasteiger partial charge in [0.15, 0.2) is 11.8 Å². The van der Waals surface area contributed by atoms with E-state index in [1.165, 1.54) is 11.1 Å². The molecule has 0 unspecified atom stereocenters. The second-order valence-electron chi connectivity index (χ2n) is 7.60. The van der Waals surface area contributed by atoms with Crippen LogP contribution in [-0.2, 0) is 20.1 Å². The third kappa shape index (κ3) is 5.55. The fraction of sp³-hybridized carbons (Fsp3) is 0.571. The van der Waals surface area contributed by atoms with Crippen molar-refractivity contribution in [2.75, 3.05) is 19.6 Å². The number of nitrogens with one attached hydrogen (secondary N) is 2. The molecule has 7 nitrogen and oxygen atoms in total. The Hall–Kier alpha value is -2.41. The summed E-state index contributed by atoms with van der Waals surface area (Å²) in [6.07, 6.45) is 2.25. The number of aliphatic imine (C=N–C) groups is 1. The molecule has 1 fully saturated rings. The molecule has 0 bridgehead atoms. The van der Waals surface area contributed by atoms with Crippen molar-refractivity contribution in [1.82, 2.24) is 30.3 Å². The molecule has 1 saturated heterocycles. The zero-order valence-electron chi connectivity index (χ0n) is 17.6. The first-order valence-electron chi connectivity index (χ1n) is 10.2. The van der Waals surface area contributed by atoms with E-state index in [0.29, 0.717) is 12.6 Å². The minimum Gasteiger partial charge on any atom is -0.357 e. The van der Waals surface area contributed by atoms with E-state index in [1.807, 2.05) is 18.5 Å². The summed E-state index contributed by atoms with van der Waals surface area (Å²) in [6.45, 7) is 10.8. The van der Waals surface area contributed by atoms with Crippen LogP contribution in [-0.4, -0.2) is 51.3 Å². The van der Waals surface area contributed by atoms with E-state index in [9.17, 15) is 0 Å². The number of nitrogens with zero attached hydrogens (tertiary/aromatic N) is 5. The van der Waals surface area contributed by atoms with Crippen LogP contribution < -0.4 is 10.6 Å². The van der Waals surface area contributed by atoms with E-state index >= 15 is 0 Å². The first kappa shape index (κ1) is 20.3. The maximum Gasteiger partial charge on any atom is 0.191 e. The van der Waals surface area contributed by atoms with Crippen molar-refractivity contribution in [2.24, 2.45) is 12.0 Å². The van der Waals surface area contributed by atoms with Crippen molar-refractivity contribution in [3.8, 4) is 0 Å². The van der Waals surface area contributed by atoms with Gasteiger partial charge in [0.05, 0.1) is 0 Å². The SMILES string of the molecule is CCNC(=NCc1nnc(C)n1C)NC1CCN(Cc2cccc(C)c2)CC1. The summed E-state index contributed by atoms with van der Waals surface area (Å²) >= 11 is 0. The minimum absolute atomic E-state index is 0.452. The topological polar surface area (TPSA) is 70.4 Å². The third-order valence-corrected chi connectivity index (χ3v) is 5.32. The Bertz CT molecular complexity index is 788. The van der Waals surface area contributed by atoms with Crippen molar-refractivity contribution in [1.29, 1.82) is 0 Å². The maximum absolute atomic E-state index is 4.71. The highest BCUT2D eigenvalue weighted by molar-refractivity contribution is 5.80. The summed E-state index contributed by atoms with van der Waals surface area (Å²) in [6, 6.07) is 9.27. The standard InChI is InChI=1S/C21H33N7/c1-5-22-21(23-14-20-26-25-17(3)27(20)4)24-19-9-11-28(12-10-19)15-18-8-6-7-16(2)13-18/h6-8,13,19H,5,9-12,14-15H2,1-4H3,(H2,22,23,24). The molecule has 0 radical (unpaired) electrons. The lowest BCUT2D eigenvalue weighted by atomic mass is 10.0. The number of benzene rings is 1. The molecule has 0 amide bonds. The molecule has 2 heterocycles. The second kappa shape index (κ2) is 9.68. The Morgan fingerprint density at radius 2 is 2.00 bits per heavy atom. The molecule has 1 aromatic carbocycles. The predicted molar refractivity (Wildman–Crippen MR) is 113 cm³/mol. The molecule has 1 aliphatic heterocycles. The number of hydrogen-bond donors (Lipinski definition) is 2. The fourth-order valence-corrected chi connectivity index (χ4v) is 3.56. The van der Waals surface area contributed by atoms with Gasteiger partial charge < -0.3 is 15.2 Å².